The Labute approximate surface area is 108 Å². The summed E-state index contributed by atoms with van der Waals surface area (Å²) in [5.41, 5.74) is 2.83. The molecule has 0 radical (unpaired) electrons. The highest BCUT2D eigenvalue weighted by Gasteiger charge is 2.23. The van der Waals surface area contributed by atoms with Crippen molar-refractivity contribution in [2.24, 2.45) is 13.0 Å². The minimum absolute atomic E-state index is 0.0452. The summed E-state index contributed by atoms with van der Waals surface area (Å²) in [5, 5.41) is 10.6. The molecule has 1 aromatic rings. The molecule has 5 heteroatoms. The van der Waals surface area contributed by atoms with E-state index in [0.717, 1.165) is 38.0 Å². The van der Waals surface area contributed by atoms with E-state index >= 15 is 0 Å². The summed E-state index contributed by atoms with van der Waals surface area (Å²) in [6.07, 6.45) is 1.94. The fraction of sp³-hybridized carbons (Fsp3) is 0.692. The third-order valence-electron chi connectivity index (χ3n) is 3.34. The second-order valence-electron chi connectivity index (χ2n) is 5.26. The van der Waals surface area contributed by atoms with Crippen molar-refractivity contribution < 1.29 is 4.79 Å². The van der Waals surface area contributed by atoms with Crippen LogP contribution in [0.4, 0.5) is 0 Å². The van der Waals surface area contributed by atoms with Crippen molar-refractivity contribution in [2.75, 3.05) is 13.1 Å². The molecule has 0 spiro atoms. The van der Waals surface area contributed by atoms with Crippen LogP contribution in [0.25, 0.3) is 0 Å². The van der Waals surface area contributed by atoms with Gasteiger partial charge in [-0.3, -0.25) is 9.48 Å². The van der Waals surface area contributed by atoms with Crippen molar-refractivity contribution in [3.63, 3.8) is 0 Å². The lowest BCUT2D eigenvalue weighted by Crippen LogP contribution is -2.29. The number of carbonyl (C=O) groups excluding carboxylic acids is 1. The molecule has 1 amide bonds. The van der Waals surface area contributed by atoms with E-state index in [-0.39, 0.29) is 5.91 Å². The van der Waals surface area contributed by atoms with Gasteiger partial charge >= 0.3 is 0 Å². The average Bonchev–Trinajstić information content (AvgIpc) is 2.67. The molecule has 1 aliphatic heterocycles. The van der Waals surface area contributed by atoms with Gasteiger partial charge in [0.05, 0.1) is 0 Å². The van der Waals surface area contributed by atoms with Gasteiger partial charge in [-0.2, -0.15) is 5.10 Å². The van der Waals surface area contributed by atoms with Crippen molar-refractivity contribution >= 4 is 5.91 Å². The molecule has 0 aliphatic carbocycles. The zero-order valence-electron chi connectivity index (χ0n) is 11.4. The van der Waals surface area contributed by atoms with E-state index in [0.29, 0.717) is 11.6 Å². The number of rotatable bonds is 4. The highest BCUT2D eigenvalue weighted by Crippen LogP contribution is 2.17. The lowest BCUT2D eigenvalue weighted by atomic mass is 10.1. The molecular weight excluding hydrogens is 228 g/mol. The number of carbonyl (C=O) groups is 1. The van der Waals surface area contributed by atoms with E-state index in [1.807, 2.05) is 11.7 Å². The molecule has 0 unspecified atom stereocenters. The van der Waals surface area contributed by atoms with Crippen LogP contribution in [-0.4, -0.2) is 28.8 Å². The molecule has 18 heavy (non-hydrogen) atoms. The van der Waals surface area contributed by atoms with E-state index < -0.39 is 0 Å². The third kappa shape index (κ3) is 2.72. The number of amides is 1. The first-order valence-corrected chi connectivity index (χ1v) is 6.63. The van der Waals surface area contributed by atoms with E-state index in [9.17, 15) is 4.79 Å². The van der Waals surface area contributed by atoms with Crippen molar-refractivity contribution in [3.8, 4) is 0 Å². The van der Waals surface area contributed by atoms with Gasteiger partial charge in [-0.05, 0) is 12.3 Å². The van der Waals surface area contributed by atoms with Gasteiger partial charge < -0.3 is 10.6 Å². The van der Waals surface area contributed by atoms with Gasteiger partial charge in [0, 0.05) is 44.4 Å². The maximum atomic E-state index is 12.1. The van der Waals surface area contributed by atoms with Gasteiger partial charge in [-0.1, -0.05) is 13.8 Å². The van der Waals surface area contributed by atoms with Crippen LogP contribution < -0.4 is 10.6 Å². The predicted molar refractivity (Wildman–Crippen MR) is 70.4 cm³/mol. The Kier molecular flexibility index (Phi) is 4.01. The lowest BCUT2D eigenvalue weighted by Gasteiger charge is -2.14. The summed E-state index contributed by atoms with van der Waals surface area (Å²) in [6, 6.07) is 0. The molecule has 1 aromatic heterocycles. The summed E-state index contributed by atoms with van der Waals surface area (Å²) >= 11 is 0. The smallest absolute Gasteiger partial charge is 0.272 e. The van der Waals surface area contributed by atoms with Crippen LogP contribution in [0.5, 0.6) is 0 Å². The molecule has 0 saturated heterocycles. The maximum Gasteiger partial charge on any atom is 0.272 e. The fourth-order valence-corrected chi connectivity index (χ4v) is 2.26. The van der Waals surface area contributed by atoms with Crippen molar-refractivity contribution in [2.45, 2.75) is 33.2 Å². The molecule has 1 aliphatic rings. The highest BCUT2D eigenvalue weighted by atomic mass is 16.1. The topological polar surface area (TPSA) is 59.0 Å². The van der Waals surface area contributed by atoms with Crippen molar-refractivity contribution in [1.29, 1.82) is 0 Å². The SMILES string of the molecule is CC(C)CCNC(=O)c1nn(C)c2c1CNCC2. The third-order valence-corrected chi connectivity index (χ3v) is 3.34. The van der Waals surface area contributed by atoms with E-state index in [1.165, 1.54) is 5.69 Å². The quantitative estimate of drug-likeness (QED) is 0.832. The van der Waals surface area contributed by atoms with Gasteiger partial charge in [0.1, 0.15) is 0 Å². The van der Waals surface area contributed by atoms with Crippen LogP contribution in [-0.2, 0) is 20.0 Å². The van der Waals surface area contributed by atoms with E-state index in [2.05, 4.69) is 29.6 Å². The Morgan fingerprint density at radius 1 is 1.56 bits per heavy atom. The summed E-state index contributed by atoms with van der Waals surface area (Å²) in [5.74, 6) is 0.556. The normalized spacial score (nSPS) is 14.7. The molecule has 2 heterocycles. The summed E-state index contributed by atoms with van der Waals surface area (Å²) in [4.78, 5) is 12.1. The molecule has 0 aromatic carbocycles. The standard InChI is InChI=1S/C13H22N4O/c1-9(2)4-7-15-13(18)12-10-8-14-6-5-11(10)17(3)16-12/h9,14H,4-8H2,1-3H3,(H,15,18). The Balaban J connectivity index is 2.06. The number of aryl methyl sites for hydroxylation is 1. The molecule has 100 valence electrons. The van der Waals surface area contributed by atoms with Crippen LogP contribution in [0.1, 0.15) is 42.0 Å². The maximum absolute atomic E-state index is 12.1. The first kappa shape index (κ1) is 13.1. The van der Waals surface area contributed by atoms with Crippen LogP contribution in [0.15, 0.2) is 0 Å². The van der Waals surface area contributed by atoms with Gasteiger partial charge in [0.25, 0.3) is 5.91 Å². The second-order valence-corrected chi connectivity index (χ2v) is 5.26. The number of aromatic nitrogens is 2. The minimum Gasteiger partial charge on any atom is -0.351 e. The Morgan fingerprint density at radius 3 is 3.06 bits per heavy atom. The Bertz CT molecular complexity index is 436. The van der Waals surface area contributed by atoms with Gasteiger partial charge in [-0.25, -0.2) is 0 Å². The van der Waals surface area contributed by atoms with Gasteiger partial charge in [-0.15, -0.1) is 0 Å². The van der Waals surface area contributed by atoms with Crippen molar-refractivity contribution in [3.05, 3.63) is 17.0 Å². The molecule has 0 bridgehead atoms. The first-order chi connectivity index (χ1) is 8.59. The van der Waals surface area contributed by atoms with E-state index in [4.69, 9.17) is 0 Å². The van der Waals surface area contributed by atoms with Crippen LogP contribution in [0, 0.1) is 5.92 Å². The predicted octanol–water partition coefficient (Wildman–Crippen LogP) is 0.842. The number of nitrogens with zero attached hydrogens (tertiary/aromatic N) is 2. The van der Waals surface area contributed by atoms with E-state index in [1.54, 1.807) is 0 Å². The average molecular weight is 250 g/mol. The van der Waals surface area contributed by atoms with Crippen LogP contribution in [0.2, 0.25) is 0 Å². The summed E-state index contributed by atoms with van der Waals surface area (Å²) in [6.45, 7) is 6.73. The van der Waals surface area contributed by atoms with Gasteiger partial charge in [0.15, 0.2) is 5.69 Å². The number of fused-ring (bicyclic) bond motifs is 1. The van der Waals surface area contributed by atoms with Crippen LogP contribution in [0.3, 0.4) is 0 Å². The highest BCUT2D eigenvalue weighted by molar-refractivity contribution is 5.94. The fourth-order valence-electron chi connectivity index (χ4n) is 2.26. The number of nitrogens with one attached hydrogen (secondary N) is 2. The molecule has 2 N–H and O–H groups in total. The summed E-state index contributed by atoms with van der Waals surface area (Å²) in [7, 11) is 1.91. The molecule has 0 saturated carbocycles. The van der Waals surface area contributed by atoms with Gasteiger partial charge in [0.2, 0.25) is 0 Å². The van der Waals surface area contributed by atoms with Crippen LogP contribution >= 0.6 is 0 Å². The second kappa shape index (κ2) is 5.52. The number of hydrogen-bond donors (Lipinski definition) is 2. The van der Waals surface area contributed by atoms with Crippen molar-refractivity contribution in [1.82, 2.24) is 20.4 Å². The molecule has 0 atom stereocenters. The molecular formula is C13H22N4O. The zero-order chi connectivity index (χ0) is 13.1. The zero-order valence-corrected chi connectivity index (χ0v) is 11.4. The lowest BCUT2D eigenvalue weighted by molar-refractivity contribution is 0.0945. The monoisotopic (exact) mass is 250 g/mol. The summed E-state index contributed by atoms with van der Waals surface area (Å²) < 4.78 is 1.84. The largest absolute Gasteiger partial charge is 0.351 e. The minimum atomic E-state index is -0.0452. The molecule has 2 rings (SSSR count). The number of hydrogen-bond acceptors (Lipinski definition) is 3. The first-order valence-electron chi connectivity index (χ1n) is 6.63. The molecule has 5 nitrogen and oxygen atoms in total. The molecule has 0 fully saturated rings. The Hall–Kier alpha value is -1.36. The Morgan fingerprint density at radius 2 is 2.33 bits per heavy atom.